The molecular formula is C20H33N3. The van der Waals surface area contributed by atoms with Crippen LogP contribution in [0.5, 0.6) is 0 Å². The Morgan fingerprint density at radius 1 is 1.26 bits per heavy atom. The summed E-state index contributed by atoms with van der Waals surface area (Å²) >= 11 is 0. The molecule has 128 valence electrons. The number of hydrogen-bond donors (Lipinski definition) is 0. The maximum absolute atomic E-state index is 4.61. The molecule has 0 amide bonds. The average Bonchev–Trinajstić information content (AvgIpc) is 2.61. The third-order valence-corrected chi connectivity index (χ3v) is 2.45. The fourth-order valence-electron chi connectivity index (χ4n) is 1.55. The molecular weight excluding hydrogens is 282 g/mol. The summed E-state index contributed by atoms with van der Waals surface area (Å²) in [6, 6.07) is 5.81. The van der Waals surface area contributed by atoms with Gasteiger partial charge in [0, 0.05) is 12.4 Å². The molecule has 23 heavy (non-hydrogen) atoms. The van der Waals surface area contributed by atoms with Crippen molar-refractivity contribution in [3.05, 3.63) is 54.5 Å². The number of aromatic nitrogens is 1. The zero-order chi connectivity index (χ0) is 18.1. The Morgan fingerprint density at radius 3 is 2.26 bits per heavy atom. The Balaban J connectivity index is 0. The van der Waals surface area contributed by atoms with Crippen LogP contribution in [0.3, 0.4) is 0 Å². The zero-order valence-electron chi connectivity index (χ0n) is 15.9. The minimum absolute atomic E-state index is 0.0128. The van der Waals surface area contributed by atoms with Gasteiger partial charge in [0.2, 0.25) is 0 Å². The van der Waals surface area contributed by atoms with Gasteiger partial charge in [-0.05, 0) is 39.0 Å². The number of rotatable bonds is 5. The summed E-state index contributed by atoms with van der Waals surface area (Å²) in [4.78, 5) is 13.2. The third-order valence-electron chi connectivity index (χ3n) is 2.45. The van der Waals surface area contributed by atoms with E-state index in [1.807, 2.05) is 58.9 Å². The van der Waals surface area contributed by atoms with Crippen molar-refractivity contribution < 1.29 is 0 Å². The molecule has 1 rings (SSSR count). The predicted molar refractivity (Wildman–Crippen MR) is 106 cm³/mol. The average molecular weight is 316 g/mol. The van der Waals surface area contributed by atoms with Crippen molar-refractivity contribution >= 4 is 11.9 Å². The van der Waals surface area contributed by atoms with E-state index in [2.05, 4.69) is 35.4 Å². The van der Waals surface area contributed by atoms with Gasteiger partial charge in [-0.1, -0.05) is 52.8 Å². The molecule has 1 heterocycles. The van der Waals surface area contributed by atoms with E-state index in [0.717, 1.165) is 17.1 Å². The van der Waals surface area contributed by atoms with Gasteiger partial charge in [-0.3, -0.25) is 15.0 Å². The lowest BCUT2D eigenvalue weighted by molar-refractivity contribution is 0.784. The summed E-state index contributed by atoms with van der Waals surface area (Å²) in [6.45, 7) is 17.9. The summed E-state index contributed by atoms with van der Waals surface area (Å²) in [7, 11) is 0. The van der Waals surface area contributed by atoms with E-state index in [-0.39, 0.29) is 6.04 Å². The molecule has 0 saturated heterocycles. The second-order valence-corrected chi connectivity index (χ2v) is 4.42. The predicted octanol–water partition coefficient (Wildman–Crippen LogP) is 6.21. The normalized spacial score (nSPS) is 12.7. The van der Waals surface area contributed by atoms with Crippen LogP contribution in [-0.4, -0.2) is 16.9 Å². The topological polar surface area (TPSA) is 37.6 Å². The van der Waals surface area contributed by atoms with Gasteiger partial charge < -0.3 is 0 Å². The fourth-order valence-corrected chi connectivity index (χ4v) is 1.55. The van der Waals surface area contributed by atoms with Gasteiger partial charge in [0.05, 0.1) is 23.1 Å². The molecule has 0 aromatic carbocycles. The molecule has 3 heteroatoms. The highest BCUT2D eigenvalue weighted by atomic mass is 14.9. The van der Waals surface area contributed by atoms with Crippen molar-refractivity contribution in [3.63, 3.8) is 0 Å². The lowest BCUT2D eigenvalue weighted by Gasteiger charge is -2.08. The quantitative estimate of drug-likeness (QED) is 0.595. The van der Waals surface area contributed by atoms with E-state index < -0.39 is 0 Å². The maximum Gasteiger partial charge on any atom is 0.0899 e. The SMILES string of the molecule is C=CC(=NC(C)c1ccccn1)/C(=C/C)N=CC.CC.CCC. The number of hydrogen-bond acceptors (Lipinski definition) is 3. The van der Waals surface area contributed by atoms with Crippen LogP contribution >= 0.6 is 0 Å². The monoisotopic (exact) mass is 315 g/mol. The van der Waals surface area contributed by atoms with Gasteiger partial charge in [0.1, 0.15) is 0 Å². The van der Waals surface area contributed by atoms with Crippen molar-refractivity contribution in [2.45, 2.75) is 60.9 Å². The largest absolute Gasteiger partial charge is 0.274 e. The van der Waals surface area contributed by atoms with Gasteiger partial charge in [-0.25, -0.2) is 0 Å². The van der Waals surface area contributed by atoms with Crippen LogP contribution < -0.4 is 0 Å². The molecule has 0 aliphatic carbocycles. The summed E-state index contributed by atoms with van der Waals surface area (Å²) in [5, 5.41) is 0. The van der Waals surface area contributed by atoms with Crippen molar-refractivity contribution in [2.24, 2.45) is 9.98 Å². The molecule has 1 unspecified atom stereocenters. The minimum atomic E-state index is -0.0128. The van der Waals surface area contributed by atoms with E-state index in [1.54, 1.807) is 18.5 Å². The van der Waals surface area contributed by atoms with Crippen LogP contribution in [0.4, 0.5) is 0 Å². The molecule has 0 aliphatic rings. The molecule has 1 aromatic heterocycles. The van der Waals surface area contributed by atoms with Crippen LogP contribution in [-0.2, 0) is 0 Å². The molecule has 0 saturated carbocycles. The first-order chi connectivity index (χ1) is 11.1. The summed E-state index contributed by atoms with van der Waals surface area (Å²) in [6.07, 6.45) is 8.42. The summed E-state index contributed by atoms with van der Waals surface area (Å²) < 4.78 is 0. The van der Waals surface area contributed by atoms with Crippen LogP contribution in [0, 0.1) is 0 Å². The van der Waals surface area contributed by atoms with Crippen LogP contribution in [0.25, 0.3) is 0 Å². The first-order valence-electron chi connectivity index (χ1n) is 8.40. The standard InChI is InChI=1S/C15H19N3.C3H8.C2H6/c1-5-13(16-7-3)14(6-2)18-12(4)15-10-8-9-11-17-15;1-3-2;1-2/h5-12H,2H2,1,3-4H3;3H2,1-2H3;1-2H3/b13-5-,16-7?,18-14?;;. The minimum Gasteiger partial charge on any atom is -0.274 e. The third kappa shape index (κ3) is 10.3. The van der Waals surface area contributed by atoms with Crippen molar-refractivity contribution in [1.29, 1.82) is 0 Å². The van der Waals surface area contributed by atoms with E-state index in [1.165, 1.54) is 6.42 Å². The first-order valence-corrected chi connectivity index (χ1v) is 8.40. The summed E-state index contributed by atoms with van der Waals surface area (Å²) in [5.74, 6) is 0. The highest BCUT2D eigenvalue weighted by Gasteiger charge is 2.07. The molecule has 0 aliphatic heterocycles. The number of pyridine rings is 1. The molecule has 0 fully saturated rings. The Morgan fingerprint density at radius 2 is 1.87 bits per heavy atom. The number of aliphatic imine (C=N–C) groups is 2. The highest BCUT2D eigenvalue weighted by Crippen LogP contribution is 2.15. The van der Waals surface area contributed by atoms with Crippen molar-refractivity contribution in [2.75, 3.05) is 0 Å². The fraction of sp³-hybridized carbons (Fsp3) is 0.450. The molecule has 0 bridgehead atoms. The van der Waals surface area contributed by atoms with E-state index >= 15 is 0 Å². The molecule has 0 N–H and O–H groups in total. The van der Waals surface area contributed by atoms with Crippen molar-refractivity contribution in [3.8, 4) is 0 Å². The Kier molecular flexibility index (Phi) is 16.5. The maximum atomic E-state index is 4.61. The second-order valence-electron chi connectivity index (χ2n) is 4.42. The Bertz CT molecular complexity index is 485. The van der Waals surface area contributed by atoms with Crippen molar-refractivity contribution in [1.82, 2.24) is 4.98 Å². The highest BCUT2D eigenvalue weighted by molar-refractivity contribution is 6.08. The van der Waals surface area contributed by atoms with E-state index in [0.29, 0.717) is 0 Å². The summed E-state index contributed by atoms with van der Waals surface area (Å²) in [5.41, 5.74) is 2.55. The molecule has 3 nitrogen and oxygen atoms in total. The lowest BCUT2D eigenvalue weighted by atomic mass is 10.2. The first kappa shape index (κ1) is 23.2. The zero-order valence-corrected chi connectivity index (χ0v) is 15.9. The molecule has 0 radical (unpaired) electrons. The second kappa shape index (κ2) is 16.3. The van der Waals surface area contributed by atoms with Gasteiger partial charge in [-0.15, -0.1) is 0 Å². The molecule has 0 spiro atoms. The van der Waals surface area contributed by atoms with Gasteiger partial charge >= 0.3 is 0 Å². The molecule has 1 atom stereocenters. The Hall–Kier alpha value is -2.03. The van der Waals surface area contributed by atoms with Gasteiger partial charge in [0.15, 0.2) is 0 Å². The van der Waals surface area contributed by atoms with Crippen LogP contribution in [0.2, 0.25) is 0 Å². The number of allylic oxidation sites excluding steroid dienone is 2. The van der Waals surface area contributed by atoms with Crippen LogP contribution in [0.15, 0.2) is 58.8 Å². The van der Waals surface area contributed by atoms with Crippen LogP contribution in [0.1, 0.15) is 66.6 Å². The van der Waals surface area contributed by atoms with E-state index in [9.17, 15) is 0 Å². The van der Waals surface area contributed by atoms with Gasteiger partial charge in [0.25, 0.3) is 0 Å². The van der Waals surface area contributed by atoms with E-state index in [4.69, 9.17) is 0 Å². The lowest BCUT2D eigenvalue weighted by Crippen LogP contribution is -2.02. The number of nitrogens with zero attached hydrogens (tertiary/aromatic N) is 3. The Labute approximate surface area is 143 Å². The molecule has 1 aromatic rings. The smallest absolute Gasteiger partial charge is 0.0899 e. The van der Waals surface area contributed by atoms with Gasteiger partial charge in [-0.2, -0.15) is 0 Å².